The zero-order valence-electron chi connectivity index (χ0n) is 14.6. The molecule has 0 aliphatic carbocycles. The Balaban J connectivity index is 1.54. The van der Waals surface area contributed by atoms with E-state index in [2.05, 4.69) is 4.90 Å². The second kappa shape index (κ2) is 8.97. The van der Waals surface area contributed by atoms with Crippen molar-refractivity contribution < 1.29 is 9.18 Å². The van der Waals surface area contributed by atoms with Crippen LogP contribution in [0.3, 0.4) is 0 Å². The van der Waals surface area contributed by atoms with Crippen LogP contribution >= 0.6 is 11.6 Å². The van der Waals surface area contributed by atoms with Crippen molar-refractivity contribution in [3.63, 3.8) is 0 Å². The van der Waals surface area contributed by atoms with Crippen LogP contribution < -0.4 is 0 Å². The van der Waals surface area contributed by atoms with Gasteiger partial charge >= 0.3 is 0 Å². The minimum absolute atomic E-state index is 0.0254. The summed E-state index contributed by atoms with van der Waals surface area (Å²) in [4.78, 5) is 16.6. The Labute approximate surface area is 158 Å². The zero-order valence-corrected chi connectivity index (χ0v) is 15.3. The molecule has 2 aromatic carbocycles. The lowest BCUT2D eigenvalue weighted by Gasteiger charge is -2.21. The van der Waals surface area contributed by atoms with Crippen LogP contribution in [-0.2, 0) is 11.3 Å². The SMILES string of the molecule is O=C(/C=C/c1cccc(F)c1)N1CCCN(Cc2ccc(Cl)cc2)CC1. The van der Waals surface area contributed by atoms with Gasteiger partial charge in [-0.05, 0) is 47.9 Å². The molecule has 0 N–H and O–H groups in total. The van der Waals surface area contributed by atoms with Crippen LogP contribution in [0.5, 0.6) is 0 Å². The third-order valence-corrected chi connectivity index (χ3v) is 4.74. The van der Waals surface area contributed by atoms with Gasteiger partial charge in [-0.15, -0.1) is 0 Å². The van der Waals surface area contributed by atoms with Crippen LogP contribution in [-0.4, -0.2) is 41.9 Å². The largest absolute Gasteiger partial charge is 0.338 e. The summed E-state index contributed by atoms with van der Waals surface area (Å²) in [6.45, 7) is 4.09. The smallest absolute Gasteiger partial charge is 0.246 e. The molecule has 3 rings (SSSR count). The van der Waals surface area contributed by atoms with Crippen molar-refractivity contribution >= 4 is 23.6 Å². The Morgan fingerprint density at radius 1 is 1.08 bits per heavy atom. The van der Waals surface area contributed by atoms with Crippen molar-refractivity contribution in [2.75, 3.05) is 26.2 Å². The number of carbonyl (C=O) groups is 1. The van der Waals surface area contributed by atoms with Crippen LogP contribution in [0, 0.1) is 5.82 Å². The Bertz CT molecular complexity index is 776. The van der Waals surface area contributed by atoms with Gasteiger partial charge in [0, 0.05) is 43.8 Å². The van der Waals surface area contributed by atoms with Gasteiger partial charge in [0.15, 0.2) is 0 Å². The van der Waals surface area contributed by atoms with Gasteiger partial charge in [-0.2, -0.15) is 0 Å². The second-order valence-electron chi connectivity index (χ2n) is 6.47. The summed E-state index contributed by atoms with van der Waals surface area (Å²) in [6, 6.07) is 14.1. The summed E-state index contributed by atoms with van der Waals surface area (Å²) in [5, 5.41) is 0.742. The first kappa shape index (κ1) is 18.6. The minimum atomic E-state index is -0.299. The number of benzene rings is 2. The summed E-state index contributed by atoms with van der Waals surface area (Å²) in [5.74, 6) is -0.324. The molecule has 2 aromatic rings. The number of nitrogens with zero attached hydrogens (tertiary/aromatic N) is 2. The Morgan fingerprint density at radius 3 is 2.65 bits per heavy atom. The number of hydrogen-bond donors (Lipinski definition) is 0. The van der Waals surface area contributed by atoms with E-state index in [1.807, 2.05) is 29.2 Å². The Hall–Kier alpha value is -2.17. The van der Waals surface area contributed by atoms with Gasteiger partial charge in [-0.25, -0.2) is 4.39 Å². The molecule has 0 unspecified atom stereocenters. The summed E-state index contributed by atoms with van der Waals surface area (Å²) in [6.07, 6.45) is 4.14. The van der Waals surface area contributed by atoms with E-state index in [4.69, 9.17) is 11.6 Å². The standard InChI is InChI=1S/C21H22ClFN2O/c22-19-8-5-18(6-9-19)16-24-11-2-12-25(14-13-24)21(26)10-7-17-3-1-4-20(23)15-17/h1,3-10,15H,2,11-14,16H2/b10-7+. The molecule has 26 heavy (non-hydrogen) atoms. The Kier molecular flexibility index (Phi) is 6.42. The molecule has 0 atom stereocenters. The lowest BCUT2D eigenvalue weighted by atomic mass is 10.2. The molecule has 5 heteroatoms. The number of halogens is 2. The van der Waals surface area contributed by atoms with Gasteiger partial charge in [0.1, 0.15) is 5.82 Å². The predicted molar refractivity (Wildman–Crippen MR) is 103 cm³/mol. The maximum absolute atomic E-state index is 13.2. The first-order valence-corrected chi connectivity index (χ1v) is 9.17. The number of amides is 1. The summed E-state index contributed by atoms with van der Waals surface area (Å²) in [5.41, 5.74) is 1.91. The Morgan fingerprint density at radius 2 is 1.88 bits per heavy atom. The van der Waals surface area contributed by atoms with E-state index in [1.54, 1.807) is 18.2 Å². The molecular weight excluding hydrogens is 351 g/mol. The lowest BCUT2D eigenvalue weighted by Crippen LogP contribution is -2.34. The molecule has 0 bridgehead atoms. The molecule has 0 radical (unpaired) electrons. The van der Waals surface area contributed by atoms with E-state index in [9.17, 15) is 9.18 Å². The van der Waals surface area contributed by atoms with E-state index in [-0.39, 0.29) is 11.7 Å². The summed E-state index contributed by atoms with van der Waals surface area (Å²) < 4.78 is 13.2. The molecule has 1 saturated heterocycles. The van der Waals surface area contributed by atoms with Gasteiger partial charge in [0.05, 0.1) is 0 Å². The van der Waals surface area contributed by atoms with E-state index >= 15 is 0 Å². The van der Waals surface area contributed by atoms with Gasteiger partial charge in [0.25, 0.3) is 0 Å². The van der Waals surface area contributed by atoms with E-state index < -0.39 is 0 Å². The highest BCUT2D eigenvalue weighted by molar-refractivity contribution is 6.30. The molecule has 0 aromatic heterocycles. The van der Waals surface area contributed by atoms with Crippen LogP contribution in [0.1, 0.15) is 17.5 Å². The predicted octanol–water partition coefficient (Wildman–Crippen LogP) is 4.23. The van der Waals surface area contributed by atoms with Gasteiger partial charge in [-0.1, -0.05) is 35.9 Å². The molecule has 1 heterocycles. The first-order valence-electron chi connectivity index (χ1n) is 8.79. The molecule has 136 valence electrons. The zero-order chi connectivity index (χ0) is 18.4. The normalized spacial score (nSPS) is 16.0. The molecule has 3 nitrogen and oxygen atoms in total. The van der Waals surface area contributed by atoms with E-state index in [0.29, 0.717) is 12.1 Å². The minimum Gasteiger partial charge on any atom is -0.338 e. The monoisotopic (exact) mass is 372 g/mol. The lowest BCUT2D eigenvalue weighted by molar-refractivity contribution is -0.125. The quantitative estimate of drug-likeness (QED) is 0.750. The van der Waals surface area contributed by atoms with Crippen molar-refractivity contribution in [2.45, 2.75) is 13.0 Å². The van der Waals surface area contributed by atoms with Crippen LogP contribution in [0.25, 0.3) is 6.08 Å². The molecular formula is C21H22ClFN2O. The first-order chi connectivity index (χ1) is 12.6. The number of hydrogen-bond acceptors (Lipinski definition) is 2. The average molecular weight is 373 g/mol. The molecule has 1 fully saturated rings. The fourth-order valence-corrected chi connectivity index (χ4v) is 3.21. The van der Waals surface area contributed by atoms with E-state index in [1.165, 1.54) is 23.8 Å². The van der Waals surface area contributed by atoms with Gasteiger partial charge in [0.2, 0.25) is 5.91 Å². The van der Waals surface area contributed by atoms with Crippen LogP contribution in [0.2, 0.25) is 5.02 Å². The van der Waals surface area contributed by atoms with Gasteiger partial charge < -0.3 is 4.90 Å². The fourth-order valence-electron chi connectivity index (χ4n) is 3.08. The third kappa shape index (κ3) is 5.41. The molecule has 0 spiro atoms. The third-order valence-electron chi connectivity index (χ3n) is 4.49. The molecule has 1 aliphatic heterocycles. The fraction of sp³-hybridized carbons (Fsp3) is 0.286. The number of rotatable bonds is 4. The molecule has 1 amide bonds. The second-order valence-corrected chi connectivity index (χ2v) is 6.91. The van der Waals surface area contributed by atoms with Crippen molar-refractivity contribution in [1.82, 2.24) is 9.80 Å². The summed E-state index contributed by atoms with van der Waals surface area (Å²) >= 11 is 5.93. The highest BCUT2D eigenvalue weighted by Crippen LogP contribution is 2.13. The van der Waals surface area contributed by atoms with Gasteiger partial charge in [-0.3, -0.25) is 9.69 Å². The molecule has 0 saturated carbocycles. The average Bonchev–Trinajstić information content (AvgIpc) is 2.87. The molecule has 1 aliphatic rings. The maximum atomic E-state index is 13.2. The van der Waals surface area contributed by atoms with Crippen molar-refractivity contribution in [1.29, 1.82) is 0 Å². The van der Waals surface area contributed by atoms with Crippen molar-refractivity contribution in [3.8, 4) is 0 Å². The highest BCUT2D eigenvalue weighted by Gasteiger charge is 2.17. The highest BCUT2D eigenvalue weighted by atomic mass is 35.5. The van der Waals surface area contributed by atoms with Crippen molar-refractivity contribution in [3.05, 3.63) is 76.6 Å². The maximum Gasteiger partial charge on any atom is 0.246 e. The van der Waals surface area contributed by atoms with Crippen LogP contribution in [0.4, 0.5) is 4.39 Å². The van der Waals surface area contributed by atoms with Crippen molar-refractivity contribution in [2.24, 2.45) is 0 Å². The number of carbonyl (C=O) groups excluding carboxylic acids is 1. The van der Waals surface area contributed by atoms with E-state index in [0.717, 1.165) is 37.6 Å². The summed E-state index contributed by atoms with van der Waals surface area (Å²) in [7, 11) is 0. The topological polar surface area (TPSA) is 23.6 Å². The van der Waals surface area contributed by atoms with Crippen LogP contribution in [0.15, 0.2) is 54.6 Å².